The molecule has 0 bridgehead atoms. The number of hydrogen-bond acceptors (Lipinski definition) is 6. The minimum atomic E-state index is -2.80. The van der Waals surface area contributed by atoms with Crippen LogP contribution in [-0.4, -0.2) is 81.5 Å². The molecule has 2 rings (SSSR count). The average Bonchev–Trinajstić information content (AvgIpc) is 2.39. The number of hydrogen-bond donors (Lipinski definition) is 2. The zero-order valence-electron chi connectivity index (χ0n) is 11.3. The lowest BCUT2D eigenvalue weighted by molar-refractivity contribution is 0.0144. The van der Waals surface area contributed by atoms with E-state index in [4.69, 9.17) is 4.74 Å². The van der Waals surface area contributed by atoms with Crippen LogP contribution < -0.4 is 5.32 Å². The predicted molar refractivity (Wildman–Crippen MR) is 72.9 cm³/mol. The summed E-state index contributed by atoms with van der Waals surface area (Å²) in [6.45, 7) is 4.40. The minimum Gasteiger partial charge on any atom is -0.390 e. The number of aliphatic hydroxyl groups excluding tert-OH is 1. The van der Waals surface area contributed by atoms with Gasteiger partial charge in [-0.2, -0.15) is 0 Å². The highest BCUT2D eigenvalue weighted by Crippen LogP contribution is 2.12. The molecule has 0 amide bonds. The Bertz CT molecular complexity index is 354. The van der Waals surface area contributed by atoms with Crippen LogP contribution in [0.5, 0.6) is 0 Å². The van der Waals surface area contributed by atoms with E-state index in [9.17, 15) is 13.5 Å². The summed E-state index contributed by atoms with van der Waals surface area (Å²) in [5.74, 6) is 0.536. The van der Waals surface area contributed by atoms with E-state index in [2.05, 4.69) is 10.2 Å². The van der Waals surface area contributed by atoms with Gasteiger partial charge in [0.25, 0.3) is 0 Å². The Hall–Kier alpha value is -0.210. The average molecular weight is 292 g/mol. The second-order valence-corrected chi connectivity index (χ2v) is 7.70. The van der Waals surface area contributed by atoms with E-state index in [1.165, 1.54) is 0 Å². The molecule has 0 spiro atoms. The van der Waals surface area contributed by atoms with Gasteiger partial charge in [0.15, 0.2) is 0 Å². The SMILES string of the molecule is O=S1(=O)CCC(NCC(O)CN2CCOCC2)CC1. The van der Waals surface area contributed by atoms with E-state index in [-0.39, 0.29) is 17.5 Å². The molecule has 7 heteroatoms. The molecule has 1 unspecified atom stereocenters. The molecule has 2 aliphatic rings. The fourth-order valence-electron chi connectivity index (χ4n) is 2.54. The Labute approximate surface area is 115 Å². The summed E-state index contributed by atoms with van der Waals surface area (Å²) in [6.07, 6.45) is 0.913. The molecule has 0 saturated carbocycles. The molecular formula is C12H24N2O4S. The molecule has 0 aliphatic carbocycles. The lowest BCUT2D eigenvalue weighted by Gasteiger charge is -2.30. The third kappa shape index (κ3) is 5.35. The van der Waals surface area contributed by atoms with Gasteiger partial charge in [-0.05, 0) is 12.8 Å². The molecule has 112 valence electrons. The summed E-state index contributed by atoms with van der Waals surface area (Å²) in [7, 11) is -2.80. The maximum absolute atomic E-state index is 11.3. The molecular weight excluding hydrogens is 268 g/mol. The highest BCUT2D eigenvalue weighted by atomic mass is 32.2. The Balaban J connectivity index is 1.62. The van der Waals surface area contributed by atoms with Gasteiger partial charge in [-0.25, -0.2) is 8.42 Å². The summed E-state index contributed by atoms with van der Waals surface area (Å²) in [4.78, 5) is 2.20. The lowest BCUT2D eigenvalue weighted by atomic mass is 10.1. The molecule has 0 aromatic carbocycles. The third-order valence-corrected chi connectivity index (χ3v) is 5.48. The van der Waals surface area contributed by atoms with Gasteiger partial charge >= 0.3 is 0 Å². The number of nitrogens with one attached hydrogen (secondary N) is 1. The van der Waals surface area contributed by atoms with Crippen LogP contribution in [0.4, 0.5) is 0 Å². The number of nitrogens with zero attached hydrogens (tertiary/aromatic N) is 1. The van der Waals surface area contributed by atoms with Crippen molar-refractivity contribution in [2.75, 3.05) is 50.9 Å². The molecule has 2 aliphatic heterocycles. The van der Waals surface area contributed by atoms with Crippen molar-refractivity contribution >= 4 is 9.84 Å². The topological polar surface area (TPSA) is 78.9 Å². The van der Waals surface area contributed by atoms with Crippen LogP contribution in [0.25, 0.3) is 0 Å². The number of aliphatic hydroxyl groups is 1. The number of sulfone groups is 1. The summed E-state index contributed by atoms with van der Waals surface area (Å²) >= 11 is 0. The van der Waals surface area contributed by atoms with Gasteiger partial charge in [-0.1, -0.05) is 0 Å². The smallest absolute Gasteiger partial charge is 0.150 e. The Kier molecular flexibility index (Phi) is 5.58. The second-order valence-electron chi connectivity index (χ2n) is 5.40. The van der Waals surface area contributed by atoms with E-state index < -0.39 is 15.9 Å². The van der Waals surface area contributed by atoms with Crippen LogP contribution in [0.1, 0.15) is 12.8 Å². The highest BCUT2D eigenvalue weighted by molar-refractivity contribution is 7.91. The van der Waals surface area contributed by atoms with Gasteiger partial charge in [0.05, 0.1) is 30.8 Å². The number of ether oxygens (including phenoxy) is 1. The number of morpholine rings is 1. The molecule has 6 nitrogen and oxygen atoms in total. The maximum atomic E-state index is 11.3. The van der Waals surface area contributed by atoms with Gasteiger partial charge in [-0.15, -0.1) is 0 Å². The number of β-amino-alcohol motifs (C(OH)–C–C–N with tert-alkyl or cyclic N) is 1. The second kappa shape index (κ2) is 6.99. The first kappa shape index (κ1) is 15.2. The first-order valence-corrected chi connectivity index (χ1v) is 8.79. The maximum Gasteiger partial charge on any atom is 0.150 e. The van der Waals surface area contributed by atoms with Crippen molar-refractivity contribution in [3.05, 3.63) is 0 Å². The van der Waals surface area contributed by atoms with E-state index in [1.807, 2.05) is 0 Å². The summed E-state index contributed by atoms with van der Waals surface area (Å²) in [6, 6.07) is 0.225. The molecule has 2 fully saturated rings. The van der Waals surface area contributed by atoms with Crippen molar-refractivity contribution in [1.82, 2.24) is 10.2 Å². The first-order chi connectivity index (χ1) is 9.05. The fraction of sp³-hybridized carbons (Fsp3) is 1.00. The standard InChI is InChI=1S/C12H24N2O4S/c15-12(10-14-3-5-18-6-4-14)9-13-11-1-7-19(16,17)8-2-11/h11-13,15H,1-10H2. The molecule has 2 saturated heterocycles. The van der Waals surface area contributed by atoms with Crippen LogP contribution in [0, 0.1) is 0 Å². The zero-order valence-corrected chi connectivity index (χ0v) is 12.1. The van der Waals surface area contributed by atoms with Gasteiger partial charge in [0.2, 0.25) is 0 Å². The van der Waals surface area contributed by atoms with Crippen LogP contribution in [0.3, 0.4) is 0 Å². The molecule has 19 heavy (non-hydrogen) atoms. The van der Waals surface area contributed by atoms with Gasteiger partial charge < -0.3 is 15.2 Å². The summed E-state index contributed by atoms with van der Waals surface area (Å²) in [5.41, 5.74) is 0. The molecule has 0 radical (unpaired) electrons. The quantitative estimate of drug-likeness (QED) is 0.666. The zero-order chi connectivity index (χ0) is 13.7. The normalized spacial score (nSPS) is 27.2. The molecule has 2 heterocycles. The summed E-state index contributed by atoms with van der Waals surface area (Å²) in [5, 5.41) is 13.2. The van der Waals surface area contributed by atoms with Crippen molar-refractivity contribution in [2.45, 2.75) is 25.0 Å². The van der Waals surface area contributed by atoms with Crippen molar-refractivity contribution in [1.29, 1.82) is 0 Å². The van der Waals surface area contributed by atoms with Crippen LogP contribution in [0.2, 0.25) is 0 Å². The van der Waals surface area contributed by atoms with Crippen LogP contribution in [0.15, 0.2) is 0 Å². The lowest BCUT2D eigenvalue weighted by Crippen LogP contribution is -2.46. The van der Waals surface area contributed by atoms with E-state index >= 15 is 0 Å². The highest BCUT2D eigenvalue weighted by Gasteiger charge is 2.24. The van der Waals surface area contributed by atoms with Gasteiger partial charge in [0.1, 0.15) is 9.84 Å². The molecule has 0 aromatic rings. The van der Waals surface area contributed by atoms with Crippen molar-refractivity contribution in [3.8, 4) is 0 Å². The Morgan fingerprint density at radius 1 is 1.26 bits per heavy atom. The summed E-state index contributed by atoms with van der Waals surface area (Å²) < 4.78 is 27.9. The molecule has 2 N–H and O–H groups in total. The van der Waals surface area contributed by atoms with Gasteiger partial charge in [-0.3, -0.25) is 4.90 Å². The molecule has 0 aromatic heterocycles. The third-order valence-electron chi connectivity index (χ3n) is 3.77. The van der Waals surface area contributed by atoms with Crippen molar-refractivity contribution in [3.63, 3.8) is 0 Å². The van der Waals surface area contributed by atoms with E-state index in [0.29, 0.717) is 25.9 Å². The van der Waals surface area contributed by atoms with Gasteiger partial charge in [0, 0.05) is 32.2 Å². The minimum absolute atomic E-state index is 0.225. The van der Waals surface area contributed by atoms with Crippen LogP contribution in [-0.2, 0) is 14.6 Å². The largest absolute Gasteiger partial charge is 0.390 e. The fourth-order valence-corrected chi connectivity index (χ4v) is 4.03. The first-order valence-electron chi connectivity index (χ1n) is 6.97. The van der Waals surface area contributed by atoms with Crippen molar-refractivity contribution in [2.24, 2.45) is 0 Å². The van der Waals surface area contributed by atoms with E-state index in [0.717, 1.165) is 26.3 Å². The predicted octanol–water partition coefficient (Wildman–Crippen LogP) is -1.15. The monoisotopic (exact) mass is 292 g/mol. The van der Waals surface area contributed by atoms with Crippen molar-refractivity contribution < 1.29 is 18.3 Å². The Morgan fingerprint density at radius 3 is 2.53 bits per heavy atom. The van der Waals surface area contributed by atoms with Crippen LogP contribution >= 0.6 is 0 Å². The Morgan fingerprint density at radius 2 is 1.89 bits per heavy atom. The van der Waals surface area contributed by atoms with E-state index in [1.54, 1.807) is 0 Å². The number of rotatable bonds is 5. The molecule has 1 atom stereocenters.